The number of thioether (sulfide) groups is 1. The van der Waals surface area contributed by atoms with Crippen molar-refractivity contribution >= 4 is 39.0 Å². The van der Waals surface area contributed by atoms with Crippen molar-refractivity contribution in [2.24, 2.45) is 0 Å². The smallest absolute Gasteiger partial charge is 0.248 e. The van der Waals surface area contributed by atoms with Gasteiger partial charge in [-0.3, -0.25) is 0 Å². The van der Waals surface area contributed by atoms with Crippen LogP contribution in [0.1, 0.15) is 5.89 Å². The van der Waals surface area contributed by atoms with Gasteiger partial charge in [-0.25, -0.2) is 4.98 Å². The van der Waals surface area contributed by atoms with Crippen molar-refractivity contribution in [1.82, 2.24) is 15.2 Å². The zero-order chi connectivity index (χ0) is 13.1. The lowest BCUT2D eigenvalue weighted by Gasteiger charge is -1.97. The Labute approximate surface area is 126 Å². The van der Waals surface area contributed by atoms with Gasteiger partial charge in [0.1, 0.15) is 4.34 Å². The van der Waals surface area contributed by atoms with Gasteiger partial charge in [0.2, 0.25) is 11.8 Å². The number of aromatic nitrogens is 3. The van der Waals surface area contributed by atoms with Gasteiger partial charge in [-0.05, 0) is 28.1 Å². The van der Waals surface area contributed by atoms with E-state index in [1.165, 1.54) is 0 Å². The quantitative estimate of drug-likeness (QED) is 0.656. The normalized spacial score (nSPS) is 10.8. The van der Waals surface area contributed by atoms with E-state index in [1.807, 2.05) is 29.6 Å². The average molecular weight is 354 g/mol. The predicted octanol–water partition coefficient (Wildman–Crippen LogP) is 4.25. The second-order valence-electron chi connectivity index (χ2n) is 3.57. The van der Waals surface area contributed by atoms with Crippen molar-refractivity contribution in [3.05, 3.63) is 46.2 Å². The monoisotopic (exact) mass is 353 g/mol. The van der Waals surface area contributed by atoms with Crippen LogP contribution in [-0.2, 0) is 5.75 Å². The third-order valence-electron chi connectivity index (χ3n) is 2.30. The molecule has 0 N–H and O–H groups in total. The predicted molar refractivity (Wildman–Crippen MR) is 79.1 cm³/mol. The Morgan fingerprint density at radius 3 is 2.95 bits per heavy atom. The van der Waals surface area contributed by atoms with Gasteiger partial charge in [-0.2, -0.15) is 0 Å². The van der Waals surface area contributed by atoms with Crippen LogP contribution in [0.2, 0.25) is 0 Å². The van der Waals surface area contributed by atoms with E-state index < -0.39 is 0 Å². The Hall–Kier alpha value is -1.18. The molecule has 0 saturated carbocycles. The van der Waals surface area contributed by atoms with Crippen LogP contribution in [0.4, 0.5) is 0 Å². The molecule has 0 aliphatic heterocycles. The number of rotatable bonds is 4. The minimum absolute atomic E-state index is 0.530. The molecule has 2 aromatic heterocycles. The van der Waals surface area contributed by atoms with Gasteiger partial charge in [-0.1, -0.05) is 23.9 Å². The Bertz CT molecular complexity index is 669. The zero-order valence-corrected chi connectivity index (χ0v) is 12.8. The Morgan fingerprint density at radius 1 is 1.26 bits per heavy atom. The molecule has 0 radical (unpaired) electrons. The van der Waals surface area contributed by atoms with E-state index in [4.69, 9.17) is 4.42 Å². The minimum atomic E-state index is 0.530. The third-order valence-corrected chi connectivity index (χ3v) is 4.94. The number of nitrogens with zero attached hydrogens (tertiary/aromatic N) is 3. The van der Waals surface area contributed by atoms with Crippen LogP contribution in [-0.4, -0.2) is 15.2 Å². The first-order valence-corrected chi connectivity index (χ1v) is 8.08. The summed E-state index contributed by atoms with van der Waals surface area (Å²) >= 11 is 6.67. The molecule has 0 bridgehead atoms. The highest BCUT2D eigenvalue weighted by Gasteiger charge is 2.11. The number of hydrogen-bond acceptors (Lipinski definition) is 6. The lowest BCUT2D eigenvalue weighted by atomic mass is 10.2. The van der Waals surface area contributed by atoms with Gasteiger partial charge in [0.15, 0.2) is 0 Å². The fourth-order valence-corrected chi connectivity index (χ4v) is 3.39. The molecule has 3 rings (SSSR count). The third kappa shape index (κ3) is 3.05. The van der Waals surface area contributed by atoms with Gasteiger partial charge in [-0.15, -0.1) is 21.5 Å². The van der Waals surface area contributed by atoms with Crippen molar-refractivity contribution in [2.45, 2.75) is 10.1 Å². The molecule has 2 heterocycles. The first kappa shape index (κ1) is 12.8. The molecule has 0 aliphatic carbocycles. The molecule has 3 aromatic rings. The molecule has 0 aliphatic rings. The number of thiazole rings is 1. The molecular weight excluding hydrogens is 346 g/mol. The lowest BCUT2D eigenvalue weighted by molar-refractivity contribution is 0.528. The Kier molecular flexibility index (Phi) is 3.95. The van der Waals surface area contributed by atoms with Crippen LogP contribution < -0.4 is 0 Å². The molecule has 0 spiro atoms. The molecule has 0 atom stereocenters. The van der Waals surface area contributed by atoms with Crippen LogP contribution in [0.15, 0.2) is 49.1 Å². The molecule has 96 valence electrons. The summed E-state index contributed by atoms with van der Waals surface area (Å²) in [6, 6.07) is 7.77. The molecule has 1 aromatic carbocycles. The highest BCUT2D eigenvalue weighted by molar-refractivity contribution is 9.10. The molecule has 0 fully saturated rings. The van der Waals surface area contributed by atoms with E-state index in [-0.39, 0.29) is 0 Å². The lowest BCUT2D eigenvalue weighted by Crippen LogP contribution is -1.79. The fourth-order valence-electron chi connectivity index (χ4n) is 1.46. The average Bonchev–Trinajstić information content (AvgIpc) is 3.08. The fraction of sp³-hybridized carbons (Fsp3) is 0.0833. The summed E-state index contributed by atoms with van der Waals surface area (Å²) in [5.41, 5.74) is 0.903. The van der Waals surface area contributed by atoms with Gasteiger partial charge in [0, 0.05) is 16.0 Å². The van der Waals surface area contributed by atoms with Crippen LogP contribution >= 0.6 is 39.0 Å². The number of hydrogen-bond donors (Lipinski definition) is 0. The van der Waals surface area contributed by atoms with E-state index in [0.717, 1.165) is 14.4 Å². The summed E-state index contributed by atoms with van der Waals surface area (Å²) in [5, 5.41) is 10.1. The molecule has 7 heteroatoms. The van der Waals surface area contributed by atoms with E-state index in [0.29, 0.717) is 17.5 Å². The van der Waals surface area contributed by atoms with Crippen LogP contribution in [0, 0.1) is 0 Å². The largest absolute Gasteiger partial charge is 0.420 e. The van der Waals surface area contributed by atoms with Gasteiger partial charge < -0.3 is 4.42 Å². The highest BCUT2D eigenvalue weighted by Crippen LogP contribution is 2.29. The second kappa shape index (κ2) is 5.85. The van der Waals surface area contributed by atoms with Crippen molar-refractivity contribution < 1.29 is 4.42 Å². The molecule has 0 saturated heterocycles. The highest BCUT2D eigenvalue weighted by atomic mass is 79.9. The maximum absolute atomic E-state index is 5.65. The zero-order valence-electron chi connectivity index (χ0n) is 9.62. The van der Waals surface area contributed by atoms with E-state index >= 15 is 0 Å². The van der Waals surface area contributed by atoms with Gasteiger partial charge >= 0.3 is 0 Å². The van der Waals surface area contributed by atoms with Gasteiger partial charge in [0.25, 0.3) is 0 Å². The number of halogens is 1. The summed E-state index contributed by atoms with van der Waals surface area (Å²) in [7, 11) is 0. The van der Waals surface area contributed by atoms with E-state index in [2.05, 4.69) is 31.1 Å². The topological polar surface area (TPSA) is 51.8 Å². The van der Waals surface area contributed by atoms with Crippen molar-refractivity contribution in [1.29, 1.82) is 0 Å². The van der Waals surface area contributed by atoms with E-state index in [1.54, 1.807) is 29.3 Å². The van der Waals surface area contributed by atoms with Crippen LogP contribution in [0.3, 0.4) is 0 Å². The van der Waals surface area contributed by atoms with Crippen molar-refractivity contribution in [3.63, 3.8) is 0 Å². The summed E-state index contributed by atoms with van der Waals surface area (Å²) < 4.78 is 7.60. The molecule has 0 unspecified atom stereocenters. The maximum Gasteiger partial charge on any atom is 0.248 e. The first-order chi connectivity index (χ1) is 9.33. The summed E-state index contributed by atoms with van der Waals surface area (Å²) in [6.07, 6.45) is 1.79. The summed E-state index contributed by atoms with van der Waals surface area (Å²) in [6.45, 7) is 0. The Morgan fingerprint density at radius 2 is 2.16 bits per heavy atom. The maximum atomic E-state index is 5.65. The molecule has 0 amide bonds. The second-order valence-corrected chi connectivity index (χ2v) is 6.54. The summed E-state index contributed by atoms with van der Waals surface area (Å²) in [5.74, 6) is 1.76. The SMILES string of the molecule is Brc1ccccc1-c1nnc(CSc2nccs2)o1. The van der Waals surface area contributed by atoms with E-state index in [9.17, 15) is 0 Å². The molecular formula is C12H8BrN3OS2. The first-order valence-electron chi connectivity index (χ1n) is 5.42. The van der Waals surface area contributed by atoms with Crippen LogP contribution in [0.25, 0.3) is 11.5 Å². The van der Waals surface area contributed by atoms with Crippen molar-refractivity contribution in [2.75, 3.05) is 0 Å². The minimum Gasteiger partial charge on any atom is -0.420 e. The van der Waals surface area contributed by atoms with Gasteiger partial charge in [0.05, 0.1) is 11.3 Å². The molecule has 4 nitrogen and oxygen atoms in total. The molecule has 19 heavy (non-hydrogen) atoms. The summed E-state index contributed by atoms with van der Waals surface area (Å²) in [4.78, 5) is 4.19. The Balaban J connectivity index is 1.75. The van der Waals surface area contributed by atoms with Crippen molar-refractivity contribution in [3.8, 4) is 11.5 Å². The number of benzene rings is 1. The standard InChI is InChI=1S/C12H8BrN3OS2/c13-9-4-2-1-3-8(9)11-16-15-10(17-11)7-19-12-14-5-6-18-12/h1-6H,7H2. The van der Waals surface area contributed by atoms with Crippen LogP contribution in [0.5, 0.6) is 0 Å².